The van der Waals surface area contributed by atoms with Crippen molar-refractivity contribution < 1.29 is 4.42 Å². The molecule has 0 amide bonds. The Kier molecular flexibility index (Phi) is 3.93. The second kappa shape index (κ2) is 5.72. The molecule has 6 heteroatoms. The first-order valence-electron chi connectivity index (χ1n) is 6.38. The molecule has 1 N–H and O–H groups in total. The van der Waals surface area contributed by atoms with Gasteiger partial charge < -0.3 is 9.73 Å². The molecule has 3 aromatic rings. The fourth-order valence-corrected chi connectivity index (χ4v) is 3.50. The van der Waals surface area contributed by atoms with Crippen molar-refractivity contribution in [3.63, 3.8) is 0 Å². The average Bonchev–Trinajstić information content (AvgIpc) is 3.17. The summed E-state index contributed by atoms with van der Waals surface area (Å²) >= 11 is 7.61. The maximum atomic E-state index is 6.04. The molecule has 0 spiro atoms. The molecule has 4 rings (SSSR count). The minimum atomic E-state index is 0. The lowest BCUT2D eigenvalue weighted by atomic mass is 10.1. The van der Waals surface area contributed by atoms with Gasteiger partial charge in [-0.05, 0) is 24.3 Å². The van der Waals surface area contributed by atoms with E-state index in [1.54, 1.807) is 11.3 Å². The van der Waals surface area contributed by atoms with Crippen LogP contribution in [0.1, 0.15) is 5.76 Å². The Morgan fingerprint density at radius 1 is 1.24 bits per heavy atom. The maximum absolute atomic E-state index is 6.04. The molecule has 0 radical (unpaired) electrons. The van der Waals surface area contributed by atoms with Gasteiger partial charge in [-0.25, -0.2) is 0 Å². The number of halogens is 2. The van der Waals surface area contributed by atoms with Crippen LogP contribution in [0.15, 0.2) is 45.8 Å². The molecular formula is C15H12Cl2N2OS. The van der Waals surface area contributed by atoms with Gasteiger partial charge in [-0.15, -0.1) is 23.7 Å². The molecule has 0 fully saturated rings. The molecule has 108 valence electrons. The van der Waals surface area contributed by atoms with E-state index in [2.05, 4.69) is 22.4 Å². The number of hydrogen-bond donors (Lipinski definition) is 1. The van der Waals surface area contributed by atoms with Crippen molar-refractivity contribution in [1.82, 2.24) is 5.32 Å². The number of rotatable bonds is 2. The van der Waals surface area contributed by atoms with Crippen molar-refractivity contribution in [3.05, 3.63) is 46.5 Å². The Morgan fingerprint density at radius 3 is 2.86 bits per heavy atom. The van der Waals surface area contributed by atoms with Crippen LogP contribution in [0, 0.1) is 0 Å². The second-order valence-electron chi connectivity index (χ2n) is 4.59. The van der Waals surface area contributed by atoms with E-state index in [9.17, 15) is 0 Å². The first-order chi connectivity index (χ1) is 9.81. The van der Waals surface area contributed by atoms with Crippen LogP contribution in [0.25, 0.3) is 21.4 Å². The predicted molar refractivity (Wildman–Crippen MR) is 91.2 cm³/mol. The number of nitrogens with zero attached hydrogens (tertiary/aromatic N) is 1. The fraction of sp³-hybridized carbons (Fsp3) is 0.133. The van der Waals surface area contributed by atoms with E-state index in [0.29, 0.717) is 0 Å². The highest BCUT2D eigenvalue weighted by molar-refractivity contribution is 7.19. The van der Waals surface area contributed by atoms with Crippen molar-refractivity contribution in [2.75, 3.05) is 13.1 Å². The largest absolute Gasteiger partial charge is 0.453 e. The highest BCUT2D eigenvalue weighted by Crippen LogP contribution is 2.36. The van der Waals surface area contributed by atoms with Gasteiger partial charge in [-0.1, -0.05) is 23.7 Å². The third kappa shape index (κ3) is 2.55. The second-order valence-corrected chi connectivity index (χ2v) is 6.30. The van der Waals surface area contributed by atoms with Crippen molar-refractivity contribution >= 4 is 52.1 Å². The van der Waals surface area contributed by atoms with Crippen molar-refractivity contribution in [2.24, 2.45) is 4.99 Å². The number of nitrogens with one attached hydrogen (secondary N) is 1. The predicted octanol–water partition coefficient (Wildman–Crippen LogP) is 4.59. The summed E-state index contributed by atoms with van der Waals surface area (Å²) in [6.45, 7) is 1.68. The zero-order chi connectivity index (χ0) is 13.5. The van der Waals surface area contributed by atoms with Crippen LogP contribution in [-0.4, -0.2) is 18.9 Å². The van der Waals surface area contributed by atoms with Gasteiger partial charge in [-0.3, -0.25) is 4.99 Å². The van der Waals surface area contributed by atoms with Gasteiger partial charge in [0, 0.05) is 22.4 Å². The van der Waals surface area contributed by atoms with Crippen LogP contribution < -0.4 is 5.32 Å². The zero-order valence-electron chi connectivity index (χ0n) is 10.9. The molecule has 0 bridgehead atoms. The van der Waals surface area contributed by atoms with Crippen LogP contribution in [0.4, 0.5) is 0 Å². The molecule has 2 aromatic heterocycles. The summed E-state index contributed by atoms with van der Waals surface area (Å²) in [5.41, 5.74) is 2.02. The molecule has 0 aliphatic carbocycles. The highest BCUT2D eigenvalue weighted by Gasteiger charge is 2.16. The van der Waals surface area contributed by atoms with E-state index in [1.165, 1.54) is 0 Å². The van der Waals surface area contributed by atoms with Crippen LogP contribution >= 0.6 is 35.3 Å². The van der Waals surface area contributed by atoms with E-state index in [-0.39, 0.29) is 12.4 Å². The molecule has 1 aliphatic heterocycles. The third-order valence-corrected chi connectivity index (χ3v) is 4.57. The quantitative estimate of drug-likeness (QED) is 0.742. The number of hydrogen-bond acceptors (Lipinski definition) is 4. The van der Waals surface area contributed by atoms with Crippen molar-refractivity contribution in [1.29, 1.82) is 0 Å². The molecule has 3 nitrogen and oxygen atoms in total. The van der Waals surface area contributed by atoms with E-state index >= 15 is 0 Å². The Hall–Kier alpha value is -1.49. The normalized spacial score (nSPS) is 13.9. The summed E-state index contributed by atoms with van der Waals surface area (Å²) < 4.78 is 6.69. The molecule has 0 saturated heterocycles. The van der Waals surface area contributed by atoms with Crippen molar-refractivity contribution in [2.45, 2.75) is 0 Å². The summed E-state index contributed by atoms with van der Waals surface area (Å²) in [4.78, 5) is 5.55. The summed E-state index contributed by atoms with van der Waals surface area (Å²) in [6, 6.07) is 12.1. The average molecular weight is 339 g/mol. The molecule has 0 saturated carbocycles. The first kappa shape index (κ1) is 14.4. The van der Waals surface area contributed by atoms with Gasteiger partial charge in [0.15, 0.2) is 11.6 Å². The monoisotopic (exact) mass is 338 g/mol. The Balaban J connectivity index is 0.00000132. The summed E-state index contributed by atoms with van der Waals surface area (Å²) in [5, 5.41) is 4.33. The van der Waals surface area contributed by atoms with Gasteiger partial charge in [0.25, 0.3) is 0 Å². The Labute approximate surface area is 137 Å². The zero-order valence-corrected chi connectivity index (χ0v) is 13.3. The van der Waals surface area contributed by atoms with E-state index < -0.39 is 0 Å². The first-order valence-corrected chi connectivity index (χ1v) is 7.58. The number of benzene rings is 1. The molecule has 21 heavy (non-hydrogen) atoms. The number of fused-ring (bicyclic) bond motifs is 1. The van der Waals surface area contributed by atoms with Gasteiger partial charge in [-0.2, -0.15) is 0 Å². The van der Waals surface area contributed by atoms with E-state index in [4.69, 9.17) is 16.0 Å². The minimum absolute atomic E-state index is 0. The molecule has 1 aromatic carbocycles. The molecule has 1 aliphatic rings. The minimum Gasteiger partial charge on any atom is -0.453 e. The fourth-order valence-electron chi connectivity index (χ4n) is 2.41. The maximum Gasteiger partial charge on any atom is 0.170 e. The topological polar surface area (TPSA) is 37.5 Å². The van der Waals surface area contributed by atoms with Gasteiger partial charge in [0.05, 0.1) is 10.9 Å². The molecule has 0 unspecified atom stereocenters. The number of furan rings is 1. The molecular weight excluding hydrogens is 327 g/mol. The van der Waals surface area contributed by atoms with Crippen LogP contribution in [0.5, 0.6) is 0 Å². The lowest BCUT2D eigenvalue weighted by Gasteiger charge is -1.97. The standard InChI is InChI=1S/C15H11ClN2OS.ClH/c16-14-5-4-13(20-14)9-2-1-3-11-10(9)8-12(19-11)15-17-6-7-18-15;/h1-5,8H,6-7H2,(H,17,18);1H. The van der Waals surface area contributed by atoms with Gasteiger partial charge in [0.1, 0.15) is 5.58 Å². The number of thiophene rings is 1. The lowest BCUT2D eigenvalue weighted by Crippen LogP contribution is -2.18. The van der Waals surface area contributed by atoms with Gasteiger partial charge >= 0.3 is 0 Å². The smallest absolute Gasteiger partial charge is 0.170 e. The lowest BCUT2D eigenvalue weighted by molar-refractivity contribution is 0.602. The number of amidine groups is 1. The summed E-state index contributed by atoms with van der Waals surface area (Å²) in [5.74, 6) is 1.64. The Bertz CT molecular complexity index is 822. The van der Waals surface area contributed by atoms with Crippen LogP contribution in [0.2, 0.25) is 4.34 Å². The Morgan fingerprint density at radius 2 is 2.14 bits per heavy atom. The van der Waals surface area contributed by atoms with Crippen LogP contribution in [-0.2, 0) is 0 Å². The van der Waals surface area contributed by atoms with E-state index in [1.807, 2.05) is 24.3 Å². The summed E-state index contributed by atoms with van der Waals surface area (Å²) in [7, 11) is 0. The van der Waals surface area contributed by atoms with Crippen LogP contribution in [0.3, 0.4) is 0 Å². The van der Waals surface area contributed by atoms with E-state index in [0.717, 1.165) is 50.4 Å². The highest BCUT2D eigenvalue weighted by atomic mass is 35.5. The number of aliphatic imine (C=N–C) groups is 1. The third-order valence-electron chi connectivity index (χ3n) is 3.31. The van der Waals surface area contributed by atoms with Gasteiger partial charge in [0.2, 0.25) is 0 Å². The SMILES string of the molecule is Cl.Clc1ccc(-c2cccc3oc(C4=NCCN4)cc23)s1. The summed E-state index contributed by atoms with van der Waals surface area (Å²) in [6.07, 6.45) is 0. The molecule has 0 atom stereocenters. The molecule has 3 heterocycles. The van der Waals surface area contributed by atoms with Crippen molar-refractivity contribution in [3.8, 4) is 10.4 Å².